The van der Waals surface area contributed by atoms with E-state index in [2.05, 4.69) is 5.32 Å². The highest BCUT2D eigenvalue weighted by Gasteiger charge is 2.31. The maximum Gasteiger partial charge on any atom is 0.244 e. The Bertz CT molecular complexity index is 1060. The molecule has 2 aromatic rings. The third-order valence-corrected chi connectivity index (χ3v) is 6.81. The van der Waals surface area contributed by atoms with Gasteiger partial charge in [-0.15, -0.1) is 0 Å². The van der Waals surface area contributed by atoms with Crippen molar-refractivity contribution in [2.75, 3.05) is 30.8 Å². The number of nitrogens with one attached hydrogen (secondary N) is 1. The Morgan fingerprint density at radius 1 is 1.03 bits per heavy atom. The fourth-order valence-electron chi connectivity index (χ4n) is 3.47. The summed E-state index contributed by atoms with van der Waals surface area (Å²) < 4.78 is 31.6. The van der Waals surface area contributed by atoms with Gasteiger partial charge in [-0.2, -0.15) is 0 Å². The molecule has 0 heterocycles. The van der Waals surface area contributed by atoms with Crippen molar-refractivity contribution < 1.29 is 22.7 Å². The van der Waals surface area contributed by atoms with E-state index >= 15 is 0 Å². The van der Waals surface area contributed by atoms with Gasteiger partial charge in [0.05, 0.1) is 19.1 Å². The summed E-state index contributed by atoms with van der Waals surface area (Å²) in [6.45, 7) is 5.34. The summed E-state index contributed by atoms with van der Waals surface area (Å²) in [5.41, 5.74) is 1.28. The molecular weight excluding hydrogens is 454 g/mol. The van der Waals surface area contributed by atoms with Crippen LogP contribution in [0.2, 0.25) is 0 Å². The minimum absolute atomic E-state index is 0.0397. The van der Waals surface area contributed by atoms with Gasteiger partial charge in [-0.05, 0) is 44.4 Å². The first-order valence-corrected chi connectivity index (χ1v) is 13.2. The second-order valence-electron chi connectivity index (χ2n) is 8.26. The van der Waals surface area contributed by atoms with Crippen LogP contribution in [0.1, 0.15) is 32.8 Å². The van der Waals surface area contributed by atoms with Crippen LogP contribution in [-0.4, -0.2) is 63.7 Å². The molecule has 1 N–H and O–H groups in total. The summed E-state index contributed by atoms with van der Waals surface area (Å²) in [6, 6.07) is 15.4. The number of carbonyl (C=O) groups excluding carboxylic acids is 2. The molecule has 0 bridgehead atoms. The lowest BCUT2D eigenvalue weighted by molar-refractivity contribution is -0.139. The first-order chi connectivity index (χ1) is 16.1. The Kier molecular flexibility index (Phi) is 9.92. The molecule has 34 heavy (non-hydrogen) atoms. The van der Waals surface area contributed by atoms with Crippen LogP contribution < -0.4 is 14.4 Å². The predicted octanol–water partition coefficient (Wildman–Crippen LogP) is 2.84. The van der Waals surface area contributed by atoms with Crippen molar-refractivity contribution in [3.05, 3.63) is 60.2 Å². The molecule has 0 saturated heterocycles. The van der Waals surface area contributed by atoms with Crippen molar-refractivity contribution in [2.24, 2.45) is 0 Å². The molecule has 0 fully saturated rings. The van der Waals surface area contributed by atoms with E-state index in [0.29, 0.717) is 12.2 Å². The Hall–Kier alpha value is -3.07. The molecule has 0 saturated carbocycles. The lowest BCUT2D eigenvalue weighted by Crippen LogP contribution is -2.53. The number of rotatable bonds is 12. The lowest BCUT2D eigenvalue weighted by atomic mass is 10.1. The molecular formula is C25H35N3O5S. The lowest BCUT2D eigenvalue weighted by Gasteiger charge is -2.32. The van der Waals surface area contributed by atoms with Gasteiger partial charge in [-0.1, -0.05) is 49.4 Å². The number of ether oxygens (including phenoxy) is 1. The smallest absolute Gasteiger partial charge is 0.244 e. The highest BCUT2D eigenvalue weighted by atomic mass is 32.2. The molecule has 0 unspecified atom stereocenters. The number of hydrogen-bond acceptors (Lipinski definition) is 5. The fourth-order valence-corrected chi connectivity index (χ4v) is 4.32. The number of nitrogens with zero attached hydrogens (tertiary/aromatic N) is 2. The molecule has 0 radical (unpaired) electrons. The zero-order chi connectivity index (χ0) is 25.3. The van der Waals surface area contributed by atoms with E-state index in [4.69, 9.17) is 4.74 Å². The number of carbonyl (C=O) groups is 2. The summed E-state index contributed by atoms with van der Waals surface area (Å²) in [7, 11) is -2.37. The number of sulfonamides is 1. The van der Waals surface area contributed by atoms with Gasteiger partial charge in [0.25, 0.3) is 0 Å². The van der Waals surface area contributed by atoms with Gasteiger partial charge in [0, 0.05) is 12.6 Å². The average Bonchev–Trinajstić information content (AvgIpc) is 2.82. The number of benzene rings is 2. The summed E-state index contributed by atoms with van der Waals surface area (Å²) in [4.78, 5) is 27.8. The normalized spacial score (nSPS) is 13.0. The van der Waals surface area contributed by atoms with Crippen LogP contribution in [0.4, 0.5) is 5.69 Å². The zero-order valence-corrected chi connectivity index (χ0v) is 21.3. The average molecular weight is 490 g/mol. The zero-order valence-electron chi connectivity index (χ0n) is 20.5. The molecule has 0 spiro atoms. The van der Waals surface area contributed by atoms with E-state index in [0.717, 1.165) is 22.5 Å². The topological polar surface area (TPSA) is 96.0 Å². The largest absolute Gasteiger partial charge is 0.495 e. The van der Waals surface area contributed by atoms with E-state index in [1.807, 2.05) is 44.2 Å². The minimum atomic E-state index is -3.81. The molecule has 2 amide bonds. The van der Waals surface area contributed by atoms with Crippen LogP contribution in [0.25, 0.3) is 0 Å². The molecule has 2 rings (SSSR count). The second-order valence-corrected chi connectivity index (χ2v) is 10.2. The molecule has 186 valence electrons. The molecule has 0 aliphatic carbocycles. The van der Waals surface area contributed by atoms with Crippen molar-refractivity contribution in [3.63, 3.8) is 0 Å². The quantitative estimate of drug-likeness (QED) is 0.495. The van der Waals surface area contributed by atoms with Crippen LogP contribution >= 0.6 is 0 Å². The minimum Gasteiger partial charge on any atom is -0.495 e. The number of amides is 2. The van der Waals surface area contributed by atoms with Gasteiger partial charge in [-0.25, -0.2) is 8.42 Å². The van der Waals surface area contributed by atoms with E-state index < -0.39 is 28.5 Å². The molecule has 2 atom stereocenters. The Morgan fingerprint density at radius 3 is 2.24 bits per heavy atom. The van der Waals surface area contributed by atoms with Crippen molar-refractivity contribution in [2.45, 2.75) is 45.7 Å². The first kappa shape index (κ1) is 27.2. The highest BCUT2D eigenvalue weighted by Crippen LogP contribution is 2.29. The highest BCUT2D eigenvalue weighted by molar-refractivity contribution is 7.92. The van der Waals surface area contributed by atoms with E-state index in [1.54, 1.807) is 31.2 Å². The van der Waals surface area contributed by atoms with Gasteiger partial charge in [0.2, 0.25) is 21.8 Å². The summed E-state index contributed by atoms with van der Waals surface area (Å²) >= 11 is 0. The van der Waals surface area contributed by atoms with Gasteiger partial charge in [0.15, 0.2) is 0 Å². The predicted molar refractivity (Wildman–Crippen MR) is 134 cm³/mol. The first-order valence-electron chi connectivity index (χ1n) is 11.3. The molecule has 2 aromatic carbocycles. The van der Waals surface area contributed by atoms with Crippen LogP contribution in [0.3, 0.4) is 0 Å². The standard InChI is InChI=1S/C25H35N3O5S/c1-6-19(2)26-25(30)20(3)27(17-16-21-12-8-7-9-13-21)24(29)18-28(34(5,31)32)22-14-10-11-15-23(22)33-4/h7-15,19-20H,6,16-18H2,1-5H3,(H,26,30)/t19-,20+/m1/s1. The maximum absolute atomic E-state index is 13.5. The third-order valence-electron chi connectivity index (χ3n) is 5.69. The summed E-state index contributed by atoms with van der Waals surface area (Å²) in [5, 5.41) is 2.91. The Balaban J connectivity index is 2.34. The van der Waals surface area contributed by atoms with Gasteiger partial charge in [0.1, 0.15) is 18.3 Å². The van der Waals surface area contributed by atoms with Gasteiger partial charge in [-0.3, -0.25) is 13.9 Å². The van der Waals surface area contributed by atoms with Crippen LogP contribution in [0, 0.1) is 0 Å². The molecule has 0 aliphatic heterocycles. The van der Waals surface area contributed by atoms with Crippen molar-refractivity contribution in [1.29, 1.82) is 0 Å². The molecule has 8 nitrogen and oxygen atoms in total. The monoisotopic (exact) mass is 489 g/mol. The number of hydrogen-bond donors (Lipinski definition) is 1. The van der Waals surface area contributed by atoms with E-state index in [1.165, 1.54) is 12.0 Å². The van der Waals surface area contributed by atoms with Gasteiger partial charge < -0.3 is 15.0 Å². The second kappa shape index (κ2) is 12.4. The SMILES string of the molecule is CC[C@@H](C)NC(=O)[C@H](C)N(CCc1ccccc1)C(=O)CN(c1ccccc1OC)S(C)(=O)=O. The number of anilines is 1. The third kappa shape index (κ3) is 7.48. The number of para-hydroxylation sites is 2. The maximum atomic E-state index is 13.5. The van der Waals surface area contributed by atoms with Crippen molar-refractivity contribution >= 4 is 27.5 Å². The van der Waals surface area contributed by atoms with Crippen LogP contribution in [-0.2, 0) is 26.0 Å². The molecule has 0 aliphatic rings. The van der Waals surface area contributed by atoms with E-state index in [-0.39, 0.29) is 24.2 Å². The summed E-state index contributed by atoms with van der Waals surface area (Å²) in [6.07, 6.45) is 2.33. The molecule has 0 aromatic heterocycles. The van der Waals surface area contributed by atoms with Crippen molar-refractivity contribution in [3.8, 4) is 5.75 Å². The van der Waals surface area contributed by atoms with Crippen LogP contribution in [0.15, 0.2) is 54.6 Å². The van der Waals surface area contributed by atoms with Gasteiger partial charge >= 0.3 is 0 Å². The fraction of sp³-hybridized carbons (Fsp3) is 0.440. The number of methoxy groups -OCH3 is 1. The Labute approximate surface area is 202 Å². The Morgan fingerprint density at radius 2 is 1.65 bits per heavy atom. The van der Waals surface area contributed by atoms with E-state index in [9.17, 15) is 18.0 Å². The summed E-state index contributed by atoms with van der Waals surface area (Å²) in [5.74, 6) is -0.419. The van der Waals surface area contributed by atoms with Crippen molar-refractivity contribution in [1.82, 2.24) is 10.2 Å². The molecule has 9 heteroatoms. The van der Waals surface area contributed by atoms with Crippen LogP contribution in [0.5, 0.6) is 5.75 Å².